The van der Waals surface area contributed by atoms with Gasteiger partial charge >= 0.3 is 0 Å². The number of nitrogens with zero attached hydrogens (tertiary/aromatic N) is 1. The molecule has 1 saturated heterocycles. The zero-order chi connectivity index (χ0) is 15.1. The Bertz CT molecular complexity index is 616. The molecule has 1 aromatic carbocycles. The van der Waals surface area contributed by atoms with Crippen LogP contribution in [0, 0.1) is 18.7 Å². The molecule has 2 atom stereocenters. The van der Waals surface area contributed by atoms with E-state index < -0.39 is 15.8 Å². The predicted octanol–water partition coefficient (Wildman–Crippen LogP) is 2.53. The number of piperidine rings is 1. The quantitative estimate of drug-likeness (QED) is 0.854. The summed E-state index contributed by atoms with van der Waals surface area (Å²) in [4.78, 5) is -0.309. The van der Waals surface area contributed by atoms with Gasteiger partial charge in [0.1, 0.15) is 10.7 Å². The summed E-state index contributed by atoms with van der Waals surface area (Å²) in [6.45, 7) is 5.85. The second-order valence-corrected chi connectivity index (χ2v) is 7.48. The molecule has 2 unspecified atom stereocenters. The van der Waals surface area contributed by atoms with Crippen molar-refractivity contribution in [3.63, 3.8) is 0 Å². The van der Waals surface area contributed by atoms with Crippen molar-refractivity contribution in [2.24, 2.45) is 5.92 Å². The Morgan fingerprint density at radius 2 is 2.00 bits per heavy atom. The van der Waals surface area contributed by atoms with Gasteiger partial charge in [0.2, 0.25) is 10.0 Å². The minimum atomic E-state index is -3.84. The van der Waals surface area contributed by atoms with Crippen LogP contribution in [-0.4, -0.2) is 25.3 Å². The average Bonchev–Trinajstić information content (AvgIpc) is 2.36. The summed E-state index contributed by atoms with van der Waals surface area (Å²) in [5.74, 6) is -0.437. The molecule has 6 heteroatoms. The summed E-state index contributed by atoms with van der Waals surface area (Å²) in [7, 11) is -3.84. The highest BCUT2D eigenvalue weighted by molar-refractivity contribution is 7.89. The lowest BCUT2D eigenvalue weighted by Gasteiger charge is -2.36. The Balaban J connectivity index is 2.50. The number of halogens is 1. The SMILES string of the molecule is Cc1cc(N)cc(S(=O)(=O)N2CCCC(C)C2C)c1F. The normalized spacial score (nSPS) is 24.8. The van der Waals surface area contributed by atoms with E-state index >= 15 is 0 Å². The van der Waals surface area contributed by atoms with Gasteiger partial charge in [-0.25, -0.2) is 12.8 Å². The molecule has 0 aromatic heterocycles. The van der Waals surface area contributed by atoms with E-state index in [2.05, 4.69) is 0 Å². The number of benzene rings is 1. The first-order chi connectivity index (χ1) is 9.25. The lowest BCUT2D eigenvalue weighted by Crippen LogP contribution is -2.46. The molecule has 0 aliphatic carbocycles. The lowest BCUT2D eigenvalue weighted by molar-refractivity contribution is 0.202. The standard InChI is InChI=1S/C14H21FN2O2S/c1-9-5-4-6-17(11(9)3)20(18,19)13-8-12(16)7-10(2)14(13)15/h7-9,11H,4-6,16H2,1-3H3. The fraction of sp³-hybridized carbons (Fsp3) is 0.571. The zero-order valence-electron chi connectivity index (χ0n) is 12.1. The summed E-state index contributed by atoms with van der Waals surface area (Å²) in [5.41, 5.74) is 6.18. The number of hydrogen-bond acceptors (Lipinski definition) is 3. The van der Waals surface area contributed by atoms with Crippen LogP contribution >= 0.6 is 0 Å². The van der Waals surface area contributed by atoms with Gasteiger partial charge in [0, 0.05) is 18.3 Å². The largest absolute Gasteiger partial charge is 0.399 e. The summed E-state index contributed by atoms with van der Waals surface area (Å²) >= 11 is 0. The molecule has 0 amide bonds. The third-order valence-electron chi connectivity index (χ3n) is 4.15. The zero-order valence-corrected chi connectivity index (χ0v) is 12.9. The van der Waals surface area contributed by atoms with Crippen molar-refractivity contribution in [1.82, 2.24) is 4.31 Å². The average molecular weight is 300 g/mol. The van der Waals surface area contributed by atoms with Gasteiger partial charge in [0.15, 0.2) is 0 Å². The molecule has 0 saturated carbocycles. The van der Waals surface area contributed by atoms with E-state index in [-0.39, 0.29) is 28.1 Å². The van der Waals surface area contributed by atoms with E-state index in [0.29, 0.717) is 6.54 Å². The van der Waals surface area contributed by atoms with Gasteiger partial charge in [0.05, 0.1) is 0 Å². The highest BCUT2D eigenvalue weighted by Crippen LogP contribution is 2.31. The van der Waals surface area contributed by atoms with Crippen molar-refractivity contribution in [3.8, 4) is 0 Å². The number of anilines is 1. The van der Waals surface area contributed by atoms with Gasteiger partial charge in [-0.05, 0) is 50.3 Å². The first-order valence-corrected chi connectivity index (χ1v) is 8.26. The topological polar surface area (TPSA) is 63.4 Å². The molecule has 4 nitrogen and oxygen atoms in total. The number of rotatable bonds is 2. The van der Waals surface area contributed by atoms with Gasteiger partial charge in [0.25, 0.3) is 0 Å². The van der Waals surface area contributed by atoms with E-state index in [1.165, 1.54) is 23.4 Å². The van der Waals surface area contributed by atoms with Crippen LogP contribution in [-0.2, 0) is 10.0 Å². The van der Waals surface area contributed by atoms with Crippen LogP contribution in [0.1, 0.15) is 32.3 Å². The fourth-order valence-corrected chi connectivity index (χ4v) is 4.66. The molecule has 1 aromatic rings. The number of nitrogens with two attached hydrogens (primary N) is 1. The van der Waals surface area contributed by atoms with Crippen LogP contribution in [0.2, 0.25) is 0 Å². The van der Waals surface area contributed by atoms with Crippen LogP contribution in [0.5, 0.6) is 0 Å². The molecule has 1 aliphatic heterocycles. The first kappa shape index (κ1) is 15.3. The molecule has 1 fully saturated rings. The van der Waals surface area contributed by atoms with Crippen LogP contribution in [0.4, 0.5) is 10.1 Å². The van der Waals surface area contributed by atoms with E-state index in [0.717, 1.165) is 12.8 Å². The van der Waals surface area contributed by atoms with Crippen molar-refractivity contribution in [2.75, 3.05) is 12.3 Å². The Morgan fingerprint density at radius 1 is 1.35 bits per heavy atom. The molecule has 0 radical (unpaired) electrons. The van der Waals surface area contributed by atoms with Crippen LogP contribution < -0.4 is 5.73 Å². The molecule has 20 heavy (non-hydrogen) atoms. The van der Waals surface area contributed by atoms with Crippen LogP contribution in [0.25, 0.3) is 0 Å². The summed E-state index contributed by atoms with van der Waals surface area (Å²) in [6, 6.07) is 2.52. The molecular formula is C14H21FN2O2S. The Kier molecular flexibility index (Phi) is 4.07. The van der Waals surface area contributed by atoms with E-state index in [1.54, 1.807) is 0 Å². The van der Waals surface area contributed by atoms with Gasteiger partial charge in [-0.3, -0.25) is 0 Å². The van der Waals surface area contributed by atoms with Gasteiger partial charge < -0.3 is 5.73 Å². The molecular weight excluding hydrogens is 279 g/mol. The number of aryl methyl sites for hydroxylation is 1. The monoisotopic (exact) mass is 300 g/mol. The van der Waals surface area contributed by atoms with Crippen molar-refractivity contribution >= 4 is 15.7 Å². The van der Waals surface area contributed by atoms with Gasteiger partial charge in [-0.15, -0.1) is 0 Å². The summed E-state index contributed by atoms with van der Waals surface area (Å²) < 4.78 is 41.0. The van der Waals surface area contributed by atoms with Crippen LogP contribution in [0.15, 0.2) is 17.0 Å². The third kappa shape index (κ3) is 2.54. The minimum Gasteiger partial charge on any atom is -0.399 e. The summed E-state index contributed by atoms with van der Waals surface area (Å²) in [6.07, 6.45) is 1.79. The maximum Gasteiger partial charge on any atom is 0.246 e. The van der Waals surface area contributed by atoms with E-state index in [1.807, 2.05) is 13.8 Å². The number of sulfonamides is 1. The Morgan fingerprint density at radius 3 is 2.65 bits per heavy atom. The maximum absolute atomic E-state index is 14.2. The fourth-order valence-electron chi connectivity index (χ4n) is 2.71. The van der Waals surface area contributed by atoms with Crippen LogP contribution in [0.3, 0.4) is 0 Å². The maximum atomic E-state index is 14.2. The van der Waals surface area contributed by atoms with Crippen molar-refractivity contribution in [3.05, 3.63) is 23.5 Å². The first-order valence-electron chi connectivity index (χ1n) is 6.82. The lowest BCUT2D eigenvalue weighted by atomic mass is 9.94. The van der Waals surface area contributed by atoms with E-state index in [4.69, 9.17) is 5.73 Å². The molecule has 112 valence electrons. The van der Waals surface area contributed by atoms with Crippen molar-refractivity contribution in [2.45, 2.75) is 44.6 Å². The van der Waals surface area contributed by atoms with Gasteiger partial charge in [-0.2, -0.15) is 4.31 Å². The second kappa shape index (κ2) is 5.33. The van der Waals surface area contributed by atoms with Crippen molar-refractivity contribution in [1.29, 1.82) is 0 Å². The summed E-state index contributed by atoms with van der Waals surface area (Å²) in [5, 5.41) is 0. The van der Waals surface area contributed by atoms with Gasteiger partial charge in [-0.1, -0.05) is 6.92 Å². The number of hydrogen-bond donors (Lipinski definition) is 1. The second-order valence-electron chi connectivity index (χ2n) is 5.63. The Labute approximate surface area is 119 Å². The molecule has 2 N–H and O–H groups in total. The smallest absolute Gasteiger partial charge is 0.246 e. The highest BCUT2D eigenvalue weighted by atomic mass is 32.2. The van der Waals surface area contributed by atoms with E-state index in [9.17, 15) is 12.8 Å². The third-order valence-corrected chi connectivity index (χ3v) is 6.13. The highest BCUT2D eigenvalue weighted by Gasteiger charge is 2.36. The molecule has 1 aliphatic rings. The predicted molar refractivity (Wildman–Crippen MR) is 77.3 cm³/mol. The minimum absolute atomic E-state index is 0.130. The number of nitrogen functional groups attached to an aromatic ring is 1. The Hall–Kier alpha value is -1.14. The molecule has 1 heterocycles. The molecule has 0 bridgehead atoms. The van der Waals surface area contributed by atoms with Crippen molar-refractivity contribution < 1.29 is 12.8 Å². The molecule has 2 rings (SSSR count). The molecule has 0 spiro atoms.